The Morgan fingerprint density at radius 1 is 1.47 bits per heavy atom. The third kappa shape index (κ3) is 3.60. The summed E-state index contributed by atoms with van der Waals surface area (Å²) in [5.74, 6) is -2.14. The van der Waals surface area contributed by atoms with Gasteiger partial charge in [0.25, 0.3) is 5.69 Å². The molecule has 0 fully saturated rings. The molecule has 0 unspecified atom stereocenters. The summed E-state index contributed by atoms with van der Waals surface area (Å²) in [6.45, 7) is 2.52. The number of esters is 1. The van der Waals surface area contributed by atoms with E-state index in [-0.39, 0.29) is 23.6 Å². The summed E-state index contributed by atoms with van der Waals surface area (Å²) in [5.41, 5.74) is -0.150. The van der Waals surface area contributed by atoms with Gasteiger partial charge in [-0.1, -0.05) is 0 Å². The first kappa shape index (κ1) is 14.8. The number of alkyl halides is 2. The van der Waals surface area contributed by atoms with Crippen molar-refractivity contribution in [3.63, 3.8) is 0 Å². The number of ether oxygens (including phenoxy) is 2. The molecule has 0 heterocycles. The number of hydrogen-bond acceptors (Lipinski definition) is 5. The van der Waals surface area contributed by atoms with E-state index in [2.05, 4.69) is 9.47 Å². The Labute approximate surface area is 107 Å². The van der Waals surface area contributed by atoms with Gasteiger partial charge in [-0.15, -0.1) is 0 Å². The average molecular weight is 275 g/mol. The standard InChI is InChI=1S/C11H11F2NO5/c1-3-18-10(15)11(12,13)19-9-5-4-8(14(16)17)6-7(9)2/h4-6H,3H2,1-2H3. The van der Waals surface area contributed by atoms with Crippen LogP contribution in [-0.4, -0.2) is 23.6 Å². The van der Waals surface area contributed by atoms with Crippen LogP contribution < -0.4 is 4.74 Å². The topological polar surface area (TPSA) is 78.7 Å². The normalized spacial score (nSPS) is 10.9. The van der Waals surface area contributed by atoms with Crippen LogP contribution in [0.15, 0.2) is 18.2 Å². The second kappa shape index (κ2) is 5.59. The maximum absolute atomic E-state index is 13.3. The van der Waals surface area contributed by atoms with Crippen molar-refractivity contribution in [2.24, 2.45) is 0 Å². The molecule has 6 nitrogen and oxygen atoms in total. The zero-order valence-corrected chi connectivity index (χ0v) is 10.2. The number of halogens is 2. The number of nitrogens with zero attached hydrogens (tertiary/aromatic N) is 1. The Morgan fingerprint density at radius 2 is 2.11 bits per heavy atom. The zero-order chi connectivity index (χ0) is 14.6. The molecule has 0 saturated carbocycles. The van der Waals surface area contributed by atoms with Crippen LogP contribution in [0.1, 0.15) is 12.5 Å². The first-order valence-electron chi connectivity index (χ1n) is 5.27. The summed E-state index contributed by atoms with van der Waals surface area (Å²) in [6, 6.07) is 3.07. The molecule has 0 saturated heterocycles. The Hall–Kier alpha value is -2.25. The Bertz CT molecular complexity index is 504. The molecule has 0 amide bonds. The number of benzene rings is 1. The van der Waals surface area contributed by atoms with E-state index in [1.807, 2.05) is 0 Å². The van der Waals surface area contributed by atoms with Crippen LogP contribution in [-0.2, 0) is 9.53 Å². The average Bonchev–Trinajstić information content (AvgIpc) is 2.31. The van der Waals surface area contributed by atoms with Gasteiger partial charge in [0.15, 0.2) is 0 Å². The molecular weight excluding hydrogens is 264 g/mol. The smallest absolute Gasteiger partial charge is 0.459 e. The molecule has 0 aliphatic heterocycles. The van der Waals surface area contributed by atoms with Gasteiger partial charge in [0.1, 0.15) is 5.75 Å². The predicted molar refractivity (Wildman–Crippen MR) is 60.0 cm³/mol. The Balaban J connectivity index is 2.93. The van der Waals surface area contributed by atoms with E-state index in [4.69, 9.17) is 0 Å². The summed E-state index contributed by atoms with van der Waals surface area (Å²) in [7, 11) is 0. The lowest BCUT2D eigenvalue weighted by Gasteiger charge is -2.17. The van der Waals surface area contributed by atoms with E-state index in [9.17, 15) is 23.7 Å². The van der Waals surface area contributed by atoms with Crippen LogP contribution in [0, 0.1) is 17.0 Å². The minimum atomic E-state index is -4.14. The van der Waals surface area contributed by atoms with E-state index >= 15 is 0 Å². The molecule has 1 aromatic rings. The zero-order valence-electron chi connectivity index (χ0n) is 10.2. The highest BCUT2D eigenvalue weighted by Gasteiger charge is 2.44. The van der Waals surface area contributed by atoms with Gasteiger partial charge in [-0.05, 0) is 25.5 Å². The largest absolute Gasteiger partial charge is 0.502 e. The van der Waals surface area contributed by atoms with E-state index in [1.54, 1.807) is 0 Å². The van der Waals surface area contributed by atoms with E-state index in [0.29, 0.717) is 0 Å². The first-order chi connectivity index (χ1) is 8.77. The molecule has 0 aromatic heterocycles. The molecule has 0 radical (unpaired) electrons. The van der Waals surface area contributed by atoms with Crippen molar-refractivity contribution < 1.29 is 28.0 Å². The van der Waals surface area contributed by atoms with Crippen LogP contribution in [0.4, 0.5) is 14.5 Å². The highest BCUT2D eigenvalue weighted by molar-refractivity contribution is 5.76. The lowest BCUT2D eigenvalue weighted by Crippen LogP contribution is -2.37. The third-order valence-corrected chi connectivity index (χ3v) is 2.12. The number of nitro benzene ring substituents is 1. The quantitative estimate of drug-likeness (QED) is 0.468. The van der Waals surface area contributed by atoms with Crippen LogP contribution >= 0.6 is 0 Å². The molecule has 0 aliphatic carbocycles. The Kier molecular flexibility index (Phi) is 4.36. The minimum absolute atomic E-state index is 0.109. The van der Waals surface area contributed by atoms with Crippen molar-refractivity contribution in [3.05, 3.63) is 33.9 Å². The van der Waals surface area contributed by atoms with Gasteiger partial charge in [-0.25, -0.2) is 4.79 Å². The first-order valence-corrected chi connectivity index (χ1v) is 5.27. The fourth-order valence-electron chi connectivity index (χ4n) is 1.26. The van der Waals surface area contributed by atoms with Gasteiger partial charge in [-0.3, -0.25) is 10.1 Å². The van der Waals surface area contributed by atoms with Crippen molar-refractivity contribution >= 4 is 11.7 Å². The summed E-state index contributed by atoms with van der Waals surface area (Å²) >= 11 is 0. The molecule has 8 heteroatoms. The number of non-ortho nitro benzene ring substituents is 1. The van der Waals surface area contributed by atoms with E-state index in [0.717, 1.165) is 18.2 Å². The second-order valence-electron chi connectivity index (χ2n) is 3.55. The summed E-state index contributed by atoms with van der Waals surface area (Å²) in [4.78, 5) is 20.8. The molecule has 0 spiro atoms. The van der Waals surface area contributed by atoms with Crippen molar-refractivity contribution in [2.75, 3.05) is 6.61 Å². The van der Waals surface area contributed by atoms with Gasteiger partial charge in [0.2, 0.25) is 0 Å². The number of nitro groups is 1. The van der Waals surface area contributed by atoms with Crippen LogP contribution in [0.25, 0.3) is 0 Å². The third-order valence-electron chi connectivity index (χ3n) is 2.12. The molecule has 0 N–H and O–H groups in total. The second-order valence-corrected chi connectivity index (χ2v) is 3.55. The molecule has 19 heavy (non-hydrogen) atoms. The van der Waals surface area contributed by atoms with E-state index in [1.165, 1.54) is 13.8 Å². The van der Waals surface area contributed by atoms with Crippen molar-refractivity contribution in [2.45, 2.75) is 20.0 Å². The fraction of sp³-hybridized carbons (Fsp3) is 0.364. The van der Waals surface area contributed by atoms with Crippen molar-refractivity contribution in [1.82, 2.24) is 0 Å². The number of carbonyl (C=O) groups excluding carboxylic acids is 1. The van der Waals surface area contributed by atoms with Crippen molar-refractivity contribution in [3.8, 4) is 5.75 Å². The van der Waals surface area contributed by atoms with Crippen LogP contribution in [0.2, 0.25) is 0 Å². The lowest BCUT2D eigenvalue weighted by atomic mass is 10.2. The van der Waals surface area contributed by atoms with Gasteiger partial charge < -0.3 is 9.47 Å². The summed E-state index contributed by atoms with van der Waals surface area (Å²) in [6.07, 6.45) is -4.14. The monoisotopic (exact) mass is 275 g/mol. The number of carbonyl (C=O) groups is 1. The molecule has 0 bridgehead atoms. The maximum Gasteiger partial charge on any atom is 0.502 e. The van der Waals surface area contributed by atoms with Gasteiger partial charge in [0, 0.05) is 12.1 Å². The number of aryl methyl sites for hydroxylation is 1. The molecule has 0 aliphatic rings. The Morgan fingerprint density at radius 3 is 2.58 bits per heavy atom. The lowest BCUT2D eigenvalue weighted by molar-refractivity contribution is -0.384. The maximum atomic E-state index is 13.3. The highest BCUT2D eigenvalue weighted by Crippen LogP contribution is 2.28. The molecule has 1 rings (SSSR count). The predicted octanol–water partition coefficient (Wildman–Crippen LogP) is 2.44. The summed E-state index contributed by atoms with van der Waals surface area (Å²) in [5, 5.41) is 10.5. The van der Waals surface area contributed by atoms with Gasteiger partial charge in [0.05, 0.1) is 11.5 Å². The molecular formula is C11H11F2NO5. The van der Waals surface area contributed by atoms with Gasteiger partial charge >= 0.3 is 12.1 Å². The number of hydrogen-bond donors (Lipinski definition) is 0. The molecule has 1 aromatic carbocycles. The SMILES string of the molecule is CCOC(=O)C(F)(F)Oc1ccc([N+](=O)[O-])cc1C. The van der Waals surface area contributed by atoms with Crippen molar-refractivity contribution in [1.29, 1.82) is 0 Å². The molecule has 104 valence electrons. The van der Waals surface area contributed by atoms with E-state index < -0.39 is 17.0 Å². The minimum Gasteiger partial charge on any atom is -0.459 e. The van der Waals surface area contributed by atoms with Gasteiger partial charge in [-0.2, -0.15) is 8.78 Å². The summed E-state index contributed by atoms with van der Waals surface area (Å²) < 4.78 is 35.0. The fourth-order valence-corrected chi connectivity index (χ4v) is 1.26. The van der Waals surface area contributed by atoms with Crippen LogP contribution in [0.3, 0.4) is 0 Å². The number of rotatable bonds is 5. The molecule has 0 atom stereocenters. The van der Waals surface area contributed by atoms with Crippen LogP contribution in [0.5, 0.6) is 5.75 Å². The highest BCUT2D eigenvalue weighted by atomic mass is 19.3.